The molecule has 2 aliphatic rings. The van der Waals surface area contributed by atoms with Gasteiger partial charge in [-0.15, -0.1) is 11.8 Å². The van der Waals surface area contributed by atoms with Crippen molar-refractivity contribution < 1.29 is 34.2 Å². The van der Waals surface area contributed by atoms with Gasteiger partial charge in [0.05, 0.1) is 0 Å². The number of rotatable bonds is 9. The van der Waals surface area contributed by atoms with Gasteiger partial charge in [0.2, 0.25) is 18.1 Å². The van der Waals surface area contributed by atoms with Gasteiger partial charge in [-0.1, -0.05) is 23.4 Å². The van der Waals surface area contributed by atoms with Crippen LogP contribution < -0.4 is 11.1 Å². The second kappa shape index (κ2) is 10.5. The summed E-state index contributed by atoms with van der Waals surface area (Å²) in [5.74, 6) is -4.10. The summed E-state index contributed by atoms with van der Waals surface area (Å²) < 4.78 is 3.87. The van der Waals surface area contributed by atoms with Gasteiger partial charge < -0.3 is 26.1 Å². The predicted molar refractivity (Wildman–Crippen MR) is 127 cm³/mol. The molecule has 2 aliphatic heterocycles. The Morgan fingerprint density at radius 3 is 2.78 bits per heavy atom. The van der Waals surface area contributed by atoms with Crippen molar-refractivity contribution in [2.75, 3.05) is 18.1 Å². The minimum atomic E-state index is -1.32. The second-order valence-electron chi connectivity index (χ2n) is 7.22. The Balaban J connectivity index is 1.52. The maximum Gasteiger partial charge on any atom is 0.352 e. The highest BCUT2D eigenvalue weighted by Crippen LogP contribution is 2.40. The van der Waals surface area contributed by atoms with Gasteiger partial charge in [0.25, 0.3) is 11.8 Å². The lowest BCUT2D eigenvalue weighted by molar-refractivity contribution is -0.150. The number of carboxylic acid groups (broad SMARTS) is 2. The minimum Gasteiger partial charge on any atom is -0.479 e. The van der Waals surface area contributed by atoms with Crippen LogP contribution >= 0.6 is 23.3 Å². The highest BCUT2D eigenvalue weighted by molar-refractivity contribution is 8.00. The number of pyridine rings is 1. The molecular formula is C20H17N7O7S2. The van der Waals surface area contributed by atoms with Crippen LogP contribution in [0.25, 0.3) is 6.08 Å². The third-order valence-electron chi connectivity index (χ3n) is 4.86. The number of fused-ring (bicyclic) bond motifs is 1. The predicted octanol–water partition coefficient (Wildman–Crippen LogP) is -0.227. The van der Waals surface area contributed by atoms with Gasteiger partial charge in [0, 0.05) is 29.7 Å². The molecule has 2 atom stereocenters. The first-order chi connectivity index (χ1) is 17.3. The molecule has 5 N–H and O–H groups in total. The number of anilines is 1. The summed E-state index contributed by atoms with van der Waals surface area (Å²) in [6, 6.07) is 2.47. The first-order valence-corrected chi connectivity index (χ1v) is 11.9. The lowest BCUT2D eigenvalue weighted by Crippen LogP contribution is -2.71. The van der Waals surface area contributed by atoms with E-state index < -0.39 is 47.5 Å². The van der Waals surface area contributed by atoms with Crippen LogP contribution in [0.3, 0.4) is 0 Å². The van der Waals surface area contributed by atoms with Crippen molar-refractivity contribution in [3.8, 4) is 0 Å². The zero-order chi connectivity index (χ0) is 25.8. The molecule has 1 unspecified atom stereocenters. The number of allylic oxidation sites excluding steroid dienone is 1. The fraction of sp³-hybridized carbons (Fsp3) is 0.200. The van der Waals surface area contributed by atoms with Crippen molar-refractivity contribution >= 4 is 64.0 Å². The molecule has 0 aromatic carbocycles. The number of aromatic nitrogens is 3. The van der Waals surface area contributed by atoms with Crippen molar-refractivity contribution in [3.05, 3.63) is 53.3 Å². The molecular weight excluding hydrogens is 514 g/mol. The summed E-state index contributed by atoms with van der Waals surface area (Å²) in [6.07, 6.45) is 6.54. The second-order valence-corrected chi connectivity index (χ2v) is 9.11. The molecule has 0 spiro atoms. The van der Waals surface area contributed by atoms with E-state index in [4.69, 9.17) is 10.8 Å². The van der Waals surface area contributed by atoms with E-state index in [0.717, 1.165) is 22.0 Å². The van der Waals surface area contributed by atoms with E-state index in [1.54, 1.807) is 36.7 Å². The number of nitrogen functional groups attached to an aromatic ring is 1. The largest absolute Gasteiger partial charge is 0.479 e. The quantitative estimate of drug-likeness (QED) is 0.188. The van der Waals surface area contributed by atoms with E-state index in [-0.39, 0.29) is 22.4 Å². The van der Waals surface area contributed by atoms with Crippen molar-refractivity contribution in [3.63, 3.8) is 0 Å². The molecule has 0 radical (unpaired) electrons. The maximum absolute atomic E-state index is 12.9. The first kappa shape index (κ1) is 24.8. The lowest BCUT2D eigenvalue weighted by Gasteiger charge is -2.49. The summed E-state index contributed by atoms with van der Waals surface area (Å²) in [4.78, 5) is 62.1. The zero-order valence-corrected chi connectivity index (χ0v) is 19.7. The van der Waals surface area contributed by atoms with Gasteiger partial charge in [-0.25, -0.2) is 9.59 Å². The summed E-state index contributed by atoms with van der Waals surface area (Å²) in [7, 11) is 0. The summed E-state index contributed by atoms with van der Waals surface area (Å²) in [5.41, 5.74) is 6.08. The van der Waals surface area contributed by atoms with Gasteiger partial charge in [0.1, 0.15) is 17.1 Å². The molecule has 2 amide bonds. The van der Waals surface area contributed by atoms with Gasteiger partial charge in [0.15, 0.2) is 5.13 Å². The van der Waals surface area contributed by atoms with Gasteiger partial charge in [-0.2, -0.15) is 9.36 Å². The van der Waals surface area contributed by atoms with E-state index in [2.05, 4.69) is 29.7 Å². The molecule has 36 heavy (non-hydrogen) atoms. The van der Waals surface area contributed by atoms with Crippen molar-refractivity contribution in [1.82, 2.24) is 24.6 Å². The minimum absolute atomic E-state index is 0.0283. The van der Waals surface area contributed by atoms with E-state index in [9.17, 15) is 24.3 Å². The van der Waals surface area contributed by atoms with Crippen LogP contribution in [0.5, 0.6) is 0 Å². The Morgan fingerprint density at radius 2 is 2.14 bits per heavy atom. The molecule has 14 nitrogen and oxygen atoms in total. The van der Waals surface area contributed by atoms with E-state index in [0.29, 0.717) is 5.57 Å². The molecule has 0 aliphatic carbocycles. The number of carbonyl (C=O) groups is 4. The number of amides is 2. The van der Waals surface area contributed by atoms with Gasteiger partial charge in [-0.3, -0.25) is 19.5 Å². The summed E-state index contributed by atoms with van der Waals surface area (Å²) in [5, 5.41) is 23.8. The molecule has 1 saturated heterocycles. The molecule has 4 rings (SSSR count). The number of oxime groups is 1. The van der Waals surface area contributed by atoms with Crippen LogP contribution in [0.2, 0.25) is 0 Å². The zero-order valence-electron chi connectivity index (χ0n) is 18.1. The van der Waals surface area contributed by atoms with E-state index >= 15 is 0 Å². The van der Waals surface area contributed by atoms with Crippen LogP contribution in [0, 0.1) is 0 Å². The fourth-order valence-corrected chi connectivity index (χ4v) is 5.07. The number of aliphatic carboxylic acids is 2. The lowest BCUT2D eigenvalue weighted by atomic mass is 10.0. The Bertz CT molecular complexity index is 1310. The number of thioether (sulfide) groups is 1. The maximum atomic E-state index is 12.9. The molecule has 2 aromatic heterocycles. The molecule has 186 valence electrons. The number of carbonyl (C=O) groups excluding carboxylic acids is 2. The summed E-state index contributed by atoms with van der Waals surface area (Å²) >= 11 is 2.05. The Labute approximate surface area is 210 Å². The number of hydrogen-bond acceptors (Lipinski definition) is 12. The Kier molecular flexibility index (Phi) is 7.25. The van der Waals surface area contributed by atoms with E-state index in [1.807, 2.05) is 0 Å². The molecule has 0 bridgehead atoms. The highest BCUT2D eigenvalue weighted by atomic mass is 32.2. The van der Waals surface area contributed by atoms with Crippen molar-refractivity contribution in [1.29, 1.82) is 0 Å². The van der Waals surface area contributed by atoms with Crippen LogP contribution in [0.15, 0.2) is 47.0 Å². The number of nitrogens with two attached hydrogens (primary N) is 1. The highest BCUT2D eigenvalue weighted by Gasteiger charge is 2.54. The van der Waals surface area contributed by atoms with Crippen LogP contribution in [0.4, 0.5) is 5.13 Å². The Morgan fingerprint density at radius 1 is 1.33 bits per heavy atom. The Hall–Kier alpha value is -4.31. The van der Waals surface area contributed by atoms with Crippen LogP contribution in [-0.4, -0.2) is 82.7 Å². The number of nitrogens with zero attached hydrogens (tertiary/aromatic N) is 5. The average molecular weight is 532 g/mol. The molecule has 1 fully saturated rings. The number of nitrogens with one attached hydrogen (secondary N) is 1. The fourth-order valence-electron chi connectivity index (χ4n) is 3.32. The number of hydrogen-bond donors (Lipinski definition) is 4. The van der Waals surface area contributed by atoms with Gasteiger partial charge >= 0.3 is 11.9 Å². The average Bonchev–Trinajstić information content (AvgIpc) is 3.29. The third kappa shape index (κ3) is 5.18. The van der Waals surface area contributed by atoms with Crippen LogP contribution in [0.1, 0.15) is 11.4 Å². The molecule has 2 aromatic rings. The number of carboxylic acids is 2. The van der Waals surface area contributed by atoms with Crippen molar-refractivity contribution in [2.45, 2.75) is 11.4 Å². The van der Waals surface area contributed by atoms with Crippen molar-refractivity contribution in [2.24, 2.45) is 5.16 Å². The normalized spacial score (nSPS) is 19.6. The first-order valence-electron chi connectivity index (χ1n) is 10.1. The van der Waals surface area contributed by atoms with E-state index in [1.165, 1.54) is 11.8 Å². The van der Waals surface area contributed by atoms with Gasteiger partial charge in [-0.05, 0) is 17.2 Å². The SMILES string of the molecule is Nc1nc(C(=NOCC(=O)O)C(=O)NC2C(=O)N3C(C(=O)O)=C(C=Cc4cccnc4)CS[C@@H]23)ns1. The standard InChI is InChI=1S/C20H17N7O7S2/c21-20-24-15(26-36-20)12(25-34-7-11(28)29)16(30)23-13-17(31)27-14(19(32)33)10(8-35-18(13)27)4-3-9-2-1-5-22-6-9/h1-6,13,18H,7-8H2,(H,23,30)(H,28,29)(H,32,33)(H2,21,24,26)/t13?,18-/m0/s1. The topological polar surface area (TPSA) is 210 Å². The molecule has 4 heterocycles. The monoisotopic (exact) mass is 531 g/mol. The third-order valence-corrected chi connectivity index (χ3v) is 6.71. The summed E-state index contributed by atoms with van der Waals surface area (Å²) in [6.45, 7) is -0.826. The number of β-lactam (4-membered cyclic amide) rings is 1. The molecule has 0 saturated carbocycles. The van der Waals surface area contributed by atoms with Crippen LogP contribution in [-0.2, 0) is 24.0 Å². The smallest absolute Gasteiger partial charge is 0.352 e. The molecule has 16 heteroatoms.